The molecular formula is C14H11NO4S2. The first-order valence-corrected chi connectivity index (χ1v) is 7.78. The van der Waals surface area contributed by atoms with Gasteiger partial charge in [-0.25, -0.2) is 9.59 Å². The molecule has 21 heavy (non-hydrogen) atoms. The van der Waals surface area contributed by atoms with E-state index in [0.717, 1.165) is 11.5 Å². The number of nitrogens with zero attached hydrogens (tertiary/aromatic N) is 1. The summed E-state index contributed by atoms with van der Waals surface area (Å²) in [6, 6.07) is 7.19. The normalized spacial score (nSPS) is 10.9. The van der Waals surface area contributed by atoms with Crippen molar-refractivity contribution in [3.8, 4) is 0 Å². The monoisotopic (exact) mass is 321 g/mol. The molecule has 0 aliphatic carbocycles. The lowest BCUT2D eigenvalue weighted by Gasteiger charge is -2.15. The third-order valence-electron chi connectivity index (χ3n) is 2.99. The van der Waals surface area contributed by atoms with Crippen LogP contribution in [0.25, 0.3) is 10.3 Å². The van der Waals surface area contributed by atoms with Crippen LogP contribution >= 0.6 is 22.7 Å². The second-order valence-electron chi connectivity index (χ2n) is 4.50. The van der Waals surface area contributed by atoms with Crippen molar-refractivity contribution in [1.82, 2.24) is 0 Å². The van der Waals surface area contributed by atoms with Gasteiger partial charge in [0.25, 0.3) is 0 Å². The molecule has 3 aromatic rings. The highest BCUT2D eigenvalue weighted by atomic mass is 32.1. The number of hydrogen-bond donors (Lipinski definition) is 1. The van der Waals surface area contributed by atoms with Crippen LogP contribution < -0.4 is 10.5 Å². The minimum Gasteiger partial charge on any atom is -0.477 e. The first-order chi connectivity index (χ1) is 10.0. The molecule has 3 aromatic heterocycles. The Kier molecular flexibility index (Phi) is 3.52. The Morgan fingerprint density at radius 1 is 1.43 bits per heavy atom. The first kappa shape index (κ1) is 13.8. The number of anilines is 1. The van der Waals surface area contributed by atoms with Gasteiger partial charge in [-0.05, 0) is 17.5 Å². The van der Waals surface area contributed by atoms with Crippen molar-refractivity contribution in [2.24, 2.45) is 0 Å². The van der Waals surface area contributed by atoms with E-state index in [2.05, 4.69) is 6.07 Å². The highest BCUT2D eigenvalue weighted by Gasteiger charge is 2.15. The maximum Gasteiger partial charge on any atom is 0.351 e. The molecule has 0 saturated carbocycles. The topological polar surface area (TPSA) is 70.8 Å². The Hall–Kier alpha value is -2.12. The van der Waals surface area contributed by atoms with Gasteiger partial charge in [0.1, 0.15) is 5.56 Å². The van der Waals surface area contributed by atoms with Crippen LogP contribution in [0.1, 0.15) is 15.2 Å². The van der Waals surface area contributed by atoms with Crippen molar-refractivity contribution in [3.63, 3.8) is 0 Å². The second-order valence-corrected chi connectivity index (χ2v) is 6.60. The number of carbonyl (C=O) groups is 1. The fraction of sp³-hybridized carbons (Fsp3) is 0.143. The lowest BCUT2D eigenvalue weighted by atomic mass is 10.3. The molecule has 0 fully saturated rings. The predicted molar refractivity (Wildman–Crippen MR) is 83.7 cm³/mol. The Morgan fingerprint density at radius 2 is 2.24 bits per heavy atom. The van der Waals surface area contributed by atoms with E-state index in [9.17, 15) is 9.59 Å². The quantitative estimate of drug-likeness (QED) is 0.798. The van der Waals surface area contributed by atoms with Crippen LogP contribution in [0.4, 0.5) is 5.00 Å². The number of thiophene rings is 2. The molecule has 3 rings (SSSR count). The average molecular weight is 321 g/mol. The summed E-state index contributed by atoms with van der Waals surface area (Å²) in [6.45, 7) is 0.751. The molecule has 5 nitrogen and oxygen atoms in total. The maximum atomic E-state index is 11.6. The van der Waals surface area contributed by atoms with E-state index < -0.39 is 11.6 Å². The summed E-state index contributed by atoms with van der Waals surface area (Å²) < 4.78 is 5.72. The predicted octanol–water partition coefficient (Wildman–Crippen LogP) is 3.25. The molecule has 0 amide bonds. The summed E-state index contributed by atoms with van der Waals surface area (Å²) in [5.41, 5.74) is -0.736. The van der Waals surface area contributed by atoms with Crippen LogP contribution in [0.5, 0.6) is 0 Å². The van der Waals surface area contributed by atoms with Crippen molar-refractivity contribution in [3.05, 3.63) is 50.5 Å². The zero-order valence-electron chi connectivity index (χ0n) is 11.0. The molecule has 3 heterocycles. The maximum absolute atomic E-state index is 11.6. The summed E-state index contributed by atoms with van der Waals surface area (Å²) >= 11 is 3.08. The van der Waals surface area contributed by atoms with Gasteiger partial charge in [-0.1, -0.05) is 6.07 Å². The molecule has 0 atom stereocenters. The molecule has 108 valence electrons. The highest BCUT2D eigenvalue weighted by molar-refractivity contribution is 7.22. The summed E-state index contributed by atoms with van der Waals surface area (Å²) in [5.74, 6) is -1.27. The molecule has 0 spiro atoms. The SMILES string of the molecule is CN(Cc1cccs1)c1cc2oc(=O)c(C(=O)O)cc2s1. The van der Waals surface area contributed by atoms with Crippen molar-refractivity contribution in [2.75, 3.05) is 11.9 Å². The van der Waals surface area contributed by atoms with E-state index in [-0.39, 0.29) is 5.56 Å². The fourth-order valence-electron chi connectivity index (χ4n) is 1.95. The minimum absolute atomic E-state index is 0.336. The summed E-state index contributed by atoms with van der Waals surface area (Å²) in [6.07, 6.45) is 0. The number of hydrogen-bond acceptors (Lipinski definition) is 6. The van der Waals surface area contributed by atoms with Gasteiger partial charge in [-0.15, -0.1) is 22.7 Å². The minimum atomic E-state index is -1.27. The van der Waals surface area contributed by atoms with Crippen molar-refractivity contribution in [2.45, 2.75) is 6.54 Å². The molecule has 0 saturated heterocycles. The first-order valence-electron chi connectivity index (χ1n) is 6.09. The number of carboxylic acids is 1. The van der Waals surface area contributed by atoms with Gasteiger partial charge >= 0.3 is 11.6 Å². The van der Waals surface area contributed by atoms with Crippen LogP contribution in [0, 0.1) is 0 Å². The van der Waals surface area contributed by atoms with Gasteiger partial charge in [0.05, 0.1) is 16.2 Å². The highest BCUT2D eigenvalue weighted by Crippen LogP contribution is 2.32. The Morgan fingerprint density at radius 3 is 2.90 bits per heavy atom. The average Bonchev–Trinajstić information content (AvgIpc) is 3.05. The van der Waals surface area contributed by atoms with Gasteiger partial charge in [0, 0.05) is 18.0 Å². The van der Waals surface area contributed by atoms with E-state index in [1.165, 1.54) is 22.3 Å². The van der Waals surface area contributed by atoms with Gasteiger partial charge in [-0.3, -0.25) is 0 Å². The smallest absolute Gasteiger partial charge is 0.351 e. The van der Waals surface area contributed by atoms with E-state index in [1.54, 1.807) is 17.4 Å². The van der Waals surface area contributed by atoms with E-state index in [1.807, 2.05) is 23.4 Å². The second kappa shape index (κ2) is 5.34. The molecule has 0 aliphatic rings. The fourth-order valence-corrected chi connectivity index (χ4v) is 3.70. The summed E-state index contributed by atoms with van der Waals surface area (Å²) in [5, 5.41) is 11.9. The molecule has 0 unspecified atom stereocenters. The summed E-state index contributed by atoms with van der Waals surface area (Å²) in [7, 11) is 1.95. The van der Waals surface area contributed by atoms with Gasteiger partial charge in [0.15, 0.2) is 5.58 Å². The van der Waals surface area contributed by atoms with Crippen LogP contribution in [0.2, 0.25) is 0 Å². The van der Waals surface area contributed by atoms with Gasteiger partial charge < -0.3 is 14.4 Å². The van der Waals surface area contributed by atoms with Crippen molar-refractivity contribution >= 4 is 43.9 Å². The summed E-state index contributed by atoms with van der Waals surface area (Å²) in [4.78, 5) is 25.8. The van der Waals surface area contributed by atoms with Crippen LogP contribution in [-0.4, -0.2) is 18.1 Å². The number of aromatic carboxylic acids is 1. The largest absolute Gasteiger partial charge is 0.477 e. The molecule has 1 N–H and O–H groups in total. The van der Waals surface area contributed by atoms with Crippen molar-refractivity contribution in [1.29, 1.82) is 0 Å². The zero-order chi connectivity index (χ0) is 15.0. The molecule has 0 aromatic carbocycles. The Labute approximate surface area is 127 Å². The Bertz CT molecular complexity index is 848. The van der Waals surface area contributed by atoms with Gasteiger partial charge in [-0.2, -0.15) is 0 Å². The number of fused-ring (bicyclic) bond motifs is 1. The standard InChI is InChI=1S/C14H11NO4S2/c1-15(7-8-3-2-4-20-8)12-6-10-11(21-12)5-9(13(16)17)14(18)19-10/h2-6H,7H2,1H3,(H,16,17). The molecule has 7 heteroatoms. The van der Waals surface area contributed by atoms with Gasteiger partial charge in [0.2, 0.25) is 0 Å². The zero-order valence-corrected chi connectivity index (χ0v) is 12.7. The number of carboxylic acid groups (broad SMARTS) is 1. The third kappa shape index (κ3) is 2.70. The third-order valence-corrected chi connectivity index (χ3v) is 5.03. The molecule has 0 bridgehead atoms. The Balaban J connectivity index is 1.97. The van der Waals surface area contributed by atoms with E-state index in [0.29, 0.717) is 10.3 Å². The molecule has 0 aliphatic heterocycles. The molecule has 0 radical (unpaired) electrons. The lowest BCUT2D eigenvalue weighted by Crippen LogP contribution is -2.13. The van der Waals surface area contributed by atoms with E-state index >= 15 is 0 Å². The molecular weight excluding hydrogens is 310 g/mol. The van der Waals surface area contributed by atoms with Crippen LogP contribution in [-0.2, 0) is 6.54 Å². The lowest BCUT2D eigenvalue weighted by molar-refractivity contribution is 0.0692. The van der Waals surface area contributed by atoms with Crippen LogP contribution in [0.15, 0.2) is 38.9 Å². The van der Waals surface area contributed by atoms with Crippen LogP contribution in [0.3, 0.4) is 0 Å². The van der Waals surface area contributed by atoms with E-state index in [4.69, 9.17) is 9.52 Å². The van der Waals surface area contributed by atoms with Crippen molar-refractivity contribution < 1.29 is 14.3 Å². The number of rotatable bonds is 4.